The molecule has 2 unspecified atom stereocenters. The van der Waals surface area contributed by atoms with Crippen LogP contribution in [0.2, 0.25) is 0 Å². The Kier molecular flexibility index (Phi) is 4.23. The minimum absolute atomic E-state index is 0.0325. The molecule has 2 atom stereocenters. The summed E-state index contributed by atoms with van der Waals surface area (Å²) in [5.74, 6) is 5.91. The summed E-state index contributed by atoms with van der Waals surface area (Å²) in [5, 5.41) is 8.93. The van der Waals surface area contributed by atoms with Crippen LogP contribution in [0.3, 0.4) is 0 Å². The van der Waals surface area contributed by atoms with E-state index >= 15 is 0 Å². The second kappa shape index (κ2) is 5.23. The Hall–Kier alpha value is -0.560. The Morgan fingerprint density at radius 2 is 2.38 bits per heavy atom. The average molecular weight is 183 g/mol. The number of aliphatic hydroxyl groups excluding tert-OH is 1. The summed E-state index contributed by atoms with van der Waals surface area (Å²) in [4.78, 5) is 2.24. The van der Waals surface area contributed by atoms with Gasteiger partial charge in [-0.05, 0) is 13.8 Å². The van der Waals surface area contributed by atoms with Gasteiger partial charge in [-0.25, -0.2) is 0 Å². The van der Waals surface area contributed by atoms with Gasteiger partial charge < -0.3 is 9.84 Å². The van der Waals surface area contributed by atoms with Crippen LogP contribution < -0.4 is 0 Å². The first-order valence-corrected chi connectivity index (χ1v) is 4.64. The lowest BCUT2D eigenvalue weighted by molar-refractivity contribution is -0.0735. The summed E-state index contributed by atoms with van der Waals surface area (Å²) in [7, 11) is 0. The van der Waals surface area contributed by atoms with Crippen molar-refractivity contribution in [3.05, 3.63) is 0 Å². The molecular weight excluding hydrogens is 166 g/mol. The van der Waals surface area contributed by atoms with Gasteiger partial charge in [0.25, 0.3) is 0 Å². The molecule has 0 amide bonds. The van der Waals surface area contributed by atoms with E-state index in [2.05, 4.69) is 23.7 Å². The molecule has 0 aromatic carbocycles. The second-order valence-electron chi connectivity index (χ2n) is 3.34. The highest BCUT2D eigenvalue weighted by molar-refractivity contribution is 4.99. The van der Waals surface area contributed by atoms with Crippen LogP contribution in [0.5, 0.6) is 0 Å². The summed E-state index contributed by atoms with van der Waals surface area (Å²) in [6.07, 6.45) is -0.0325. The summed E-state index contributed by atoms with van der Waals surface area (Å²) >= 11 is 0. The molecule has 74 valence electrons. The van der Waals surface area contributed by atoms with E-state index in [1.54, 1.807) is 0 Å². The van der Waals surface area contributed by atoms with Crippen molar-refractivity contribution in [1.29, 1.82) is 0 Å². The van der Waals surface area contributed by atoms with Crippen LogP contribution >= 0.6 is 0 Å². The fraction of sp³-hybridized carbons (Fsp3) is 0.800. The highest BCUT2D eigenvalue weighted by atomic mass is 16.5. The van der Waals surface area contributed by atoms with Crippen molar-refractivity contribution in [2.75, 3.05) is 26.3 Å². The third-order valence-corrected chi connectivity index (χ3v) is 2.30. The van der Waals surface area contributed by atoms with Gasteiger partial charge in [0.2, 0.25) is 0 Å². The fourth-order valence-corrected chi connectivity index (χ4v) is 1.39. The number of ether oxygens (including phenoxy) is 1. The van der Waals surface area contributed by atoms with E-state index in [1.807, 2.05) is 6.92 Å². The number of hydrogen-bond donors (Lipinski definition) is 1. The molecule has 1 saturated heterocycles. The van der Waals surface area contributed by atoms with Crippen molar-refractivity contribution < 1.29 is 9.84 Å². The van der Waals surface area contributed by atoms with Crippen molar-refractivity contribution in [3.8, 4) is 11.8 Å². The lowest BCUT2D eigenvalue weighted by Crippen LogP contribution is -2.49. The van der Waals surface area contributed by atoms with Gasteiger partial charge in [-0.3, -0.25) is 4.90 Å². The van der Waals surface area contributed by atoms with Crippen molar-refractivity contribution in [2.45, 2.75) is 26.0 Å². The molecule has 0 aromatic heterocycles. The Labute approximate surface area is 79.7 Å². The van der Waals surface area contributed by atoms with Gasteiger partial charge in [-0.15, -0.1) is 5.92 Å². The van der Waals surface area contributed by atoms with Crippen molar-refractivity contribution in [1.82, 2.24) is 4.90 Å². The summed E-state index contributed by atoms with van der Waals surface area (Å²) < 4.78 is 5.41. The van der Waals surface area contributed by atoms with Crippen molar-refractivity contribution in [2.24, 2.45) is 0 Å². The molecule has 0 saturated carbocycles. The maximum absolute atomic E-state index is 8.93. The quantitative estimate of drug-likeness (QED) is 0.616. The van der Waals surface area contributed by atoms with Crippen molar-refractivity contribution >= 4 is 0 Å². The van der Waals surface area contributed by atoms with Gasteiger partial charge in [0, 0.05) is 12.6 Å². The zero-order chi connectivity index (χ0) is 9.68. The van der Waals surface area contributed by atoms with E-state index in [4.69, 9.17) is 9.84 Å². The molecule has 1 aliphatic rings. The van der Waals surface area contributed by atoms with E-state index in [1.165, 1.54) is 0 Å². The monoisotopic (exact) mass is 183 g/mol. The Morgan fingerprint density at radius 3 is 3.00 bits per heavy atom. The van der Waals surface area contributed by atoms with Crippen LogP contribution in [-0.4, -0.2) is 48.5 Å². The molecule has 3 nitrogen and oxygen atoms in total. The number of aliphatic hydroxyl groups is 1. The SMILES string of the molecule is CC#CCN1CC(CO)OCC1C. The van der Waals surface area contributed by atoms with Gasteiger partial charge in [-0.1, -0.05) is 5.92 Å². The van der Waals surface area contributed by atoms with Gasteiger partial charge in [-0.2, -0.15) is 0 Å². The predicted molar refractivity (Wildman–Crippen MR) is 51.3 cm³/mol. The van der Waals surface area contributed by atoms with Crippen LogP contribution in [-0.2, 0) is 4.74 Å². The van der Waals surface area contributed by atoms with E-state index in [0.717, 1.165) is 13.1 Å². The molecule has 0 aliphatic carbocycles. The number of morpholine rings is 1. The minimum atomic E-state index is -0.0325. The lowest BCUT2D eigenvalue weighted by Gasteiger charge is -2.36. The standard InChI is InChI=1S/C10H17NO2/c1-3-4-5-11-6-10(7-12)13-8-9(11)2/h9-10,12H,5-8H2,1-2H3. The minimum Gasteiger partial charge on any atom is -0.394 e. The second-order valence-corrected chi connectivity index (χ2v) is 3.34. The zero-order valence-corrected chi connectivity index (χ0v) is 8.29. The van der Waals surface area contributed by atoms with Crippen molar-refractivity contribution in [3.63, 3.8) is 0 Å². The van der Waals surface area contributed by atoms with E-state index < -0.39 is 0 Å². The third-order valence-electron chi connectivity index (χ3n) is 2.30. The molecule has 0 aromatic rings. The average Bonchev–Trinajstić information content (AvgIpc) is 2.17. The highest BCUT2D eigenvalue weighted by Crippen LogP contribution is 2.10. The summed E-state index contributed by atoms with van der Waals surface area (Å²) in [6.45, 7) is 6.31. The molecule has 1 heterocycles. The van der Waals surface area contributed by atoms with Crippen LogP contribution in [0.25, 0.3) is 0 Å². The maximum Gasteiger partial charge on any atom is 0.0933 e. The fourth-order valence-electron chi connectivity index (χ4n) is 1.39. The molecule has 0 radical (unpaired) electrons. The van der Waals surface area contributed by atoms with Gasteiger partial charge in [0.15, 0.2) is 0 Å². The molecular formula is C10H17NO2. The van der Waals surface area contributed by atoms with E-state index in [0.29, 0.717) is 12.6 Å². The van der Waals surface area contributed by atoms with Crippen LogP contribution in [0.15, 0.2) is 0 Å². The Morgan fingerprint density at radius 1 is 1.62 bits per heavy atom. The first-order valence-electron chi connectivity index (χ1n) is 4.64. The maximum atomic E-state index is 8.93. The largest absolute Gasteiger partial charge is 0.394 e. The smallest absolute Gasteiger partial charge is 0.0933 e. The van der Waals surface area contributed by atoms with Gasteiger partial charge >= 0.3 is 0 Å². The Bertz CT molecular complexity index is 207. The third kappa shape index (κ3) is 3.00. The van der Waals surface area contributed by atoms with Gasteiger partial charge in [0.05, 0.1) is 25.9 Å². The molecule has 0 spiro atoms. The molecule has 1 rings (SSSR count). The number of nitrogens with zero attached hydrogens (tertiary/aromatic N) is 1. The molecule has 1 aliphatic heterocycles. The number of hydrogen-bond acceptors (Lipinski definition) is 3. The highest BCUT2D eigenvalue weighted by Gasteiger charge is 2.24. The first-order chi connectivity index (χ1) is 6.27. The molecule has 0 bridgehead atoms. The van der Waals surface area contributed by atoms with Crippen LogP contribution in [0, 0.1) is 11.8 Å². The summed E-state index contributed by atoms with van der Waals surface area (Å²) in [6, 6.07) is 0.406. The molecule has 13 heavy (non-hydrogen) atoms. The topological polar surface area (TPSA) is 32.7 Å². The van der Waals surface area contributed by atoms with Crippen LogP contribution in [0.1, 0.15) is 13.8 Å². The summed E-state index contributed by atoms with van der Waals surface area (Å²) in [5.41, 5.74) is 0. The lowest BCUT2D eigenvalue weighted by atomic mass is 10.2. The van der Waals surface area contributed by atoms with E-state index in [-0.39, 0.29) is 12.7 Å². The molecule has 1 fully saturated rings. The predicted octanol–water partition coefficient (Wildman–Crippen LogP) is 0.0913. The first kappa shape index (κ1) is 10.5. The molecule has 3 heteroatoms. The zero-order valence-electron chi connectivity index (χ0n) is 8.29. The van der Waals surface area contributed by atoms with E-state index in [9.17, 15) is 0 Å². The normalized spacial score (nSPS) is 29.5. The van der Waals surface area contributed by atoms with Crippen LogP contribution in [0.4, 0.5) is 0 Å². The Balaban J connectivity index is 2.43. The number of rotatable bonds is 2. The molecule has 1 N–H and O–H groups in total. The van der Waals surface area contributed by atoms with Gasteiger partial charge in [0.1, 0.15) is 0 Å².